The Morgan fingerprint density at radius 1 is 1.37 bits per heavy atom. The van der Waals surface area contributed by atoms with Crippen molar-refractivity contribution in [2.45, 2.75) is 37.7 Å². The second kappa shape index (κ2) is 6.03. The molecule has 0 spiro atoms. The van der Waals surface area contributed by atoms with Gasteiger partial charge in [0.25, 0.3) is 0 Å². The van der Waals surface area contributed by atoms with E-state index in [9.17, 15) is 13.2 Å². The number of carbonyl (C=O) groups is 1. The van der Waals surface area contributed by atoms with E-state index in [1.165, 1.54) is 12.1 Å². The van der Waals surface area contributed by atoms with Crippen molar-refractivity contribution in [3.05, 3.63) is 23.8 Å². The molecular formula is C12H17NO5S. The van der Waals surface area contributed by atoms with Crippen molar-refractivity contribution < 1.29 is 23.1 Å². The van der Waals surface area contributed by atoms with Crippen molar-refractivity contribution in [3.63, 3.8) is 0 Å². The van der Waals surface area contributed by atoms with Crippen LogP contribution in [-0.4, -0.2) is 25.6 Å². The van der Waals surface area contributed by atoms with Crippen LogP contribution in [0.4, 0.5) is 0 Å². The largest absolute Gasteiger partial charge is 0.489 e. The number of carboxylic acids is 1. The van der Waals surface area contributed by atoms with Crippen LogP contribution in [0.15, 0.2) is 23.1 Å². The monoisotopic (exact) mass is 287 g/mol. The van der Waals surface area contributed by atoms with Crippen molar-refractivity contribution in [1.29, 1.82) is 0 Å². The number of hydrogen-bond donors (Lipinski definition) is 2. The van der Waals surface area contributed by atoms with Gasteiger partial charge in [0.2, 0.25) is 10.0 Å². The van der Waals surface area contributed by atoms with Crippen LogP contribution in [0.5, 0.6) is 5.75 Å². The maximum Gasteiger partial charge on any atom is 0.335 e. The molecule has 0 bridgehead atoms. The molecule has 6 nitrogen and oxygen atoms in total. The van der Waals surface area contributed by atoms with Crippen LogP contribution in [-0.2, 0) is 10.0 Å². The first-order valence-electron chi connectivity index (χ1n) is 5.86. The number of aromatic carboxylic acids is 1. The number of nitrogens with two attached hydrogens (primary N) is 1. The first kappa shape index (κ1) is 15.5. The minimum absolute atomic E-state index is 0.0844. The number of rotatable bonds is 6. The molecule has 0 aliphatic rings. The fraction of sp³-hybridized carbons (Fsp3) is 0.417. The zero-order chi connectivity index (χ0) is 14.6. The average Bonchev–Trinajstić information content (AvgIpc) is 2.34. The highest BCUT2D eigenvalue weighted by atomic mass is 32.2. The quantitative estimate of drug-likeness (QED) is 0.826. The molecule has 0 heterocycles. The summed E-state index contributed by atoms with van der Waals surface area (Å²) in [6.45, 7) is 3.83. The van der Waals surface area contributed by atoms with Gasteiger partial charge in [0.15, 0.2) is 0 Å². The lowest BCUT2D eigenvalue weighted by Gasteiger charge is -2.17. The van der Waals surface area contributed by atoms with Crippen LogP contribution >= 0.6 is 0 Å². The van der Waals surface area contributed by atoms with E-state index in [1.807, 2.05) is 13.8 Å². The number of hydrogen-bond acceptors (Lipinski definition) is 4. The molecule has 0 atom stereocenters. The molecule has 0 saturated heterocycles. The van der Waals surface area contributed by atoms with E-state index in [2.05, 4.69) is 0 Å². The predicted octanol–water partition coefficient (Wildman–Crippen LogP) is 1.60. The summed E-state index contributed by atoms with van der Waals surface area (Å²) in [6.07, 6.45) is 1.28. The molecule has 1 aromatic carbocycles. The van der Waals surface area contributed by atoms with E-state index in [0.29, 0.717) is 12.8 Å². The summed E-state index contributed by atoms with van der Waals surface area (Å²) in [5.74, 6) is -1.14. The van der Waals surface area contributed by atoms with Gasteiger partial charge in [-0.25, -0.2) is 18.4 Å². The third-order valence-electron chi connectivity index (χ3n) is 2.70. The van der Waals surface area contributed by atoms with Crippen molar-refractivity contribution in [2.24, 2.45) is 5.14 Å². The van der Waals surface area contributed by atoms with Crippen molar-refractivity contribution >= 4 is 16.0 Å². The maximum atomic E-state index is 11.5. The minimum Gasteiger partial charge on any atom is -0.489 e. The summed E-state index contributed by atoms with van der Waals surface area (Å²) >= 11 is 0. The smallest absolute Gasteiger partial charge is 0.335 e. The Morgan fingerprint density at radius 2 is 1.95 bits per heavy atom. The maximum absolute atomic E-state index is 11.5. The molecule has 19 heavy (non-hydrogen) atoms. The molecule has 0 fully saturated rings. The molecule has 0 amide bonds. The van der Waals surface area contributed by atoms with Gasteiger partial charge in [-0.05, 0) is 31.0 Å². The molecule has 3 N–H and O–H groups in total. The fourth-order valence-electron chi connectivity index (χ4n) is 1.60. The Labute approximate surface area is 112 Å². The van der Waals surface area contributed by atoms with E-state index in [4.69, 9.17) is 15.0 Å². The van der Waals surface area contributed by atoms with E-state index in [0.717, 1.165) is 6.07 Å². The van der Waals surface area contributed by atoms with Crippen LogP contribution in [0.25, 0.3) is 0 Å². The Balaban J connectivity index is 3.28. The van der Waals surface area contributed by atoms with E-state index in [1.54, 1.807) is 0 Å². The molecule has 1 aromatic rings. The second-order valence-electron chi connectivity index (χ2n) is 4.07. The molecule has 7 heteroatoms. The Bertz CT molecular complexity index is 563. The summed E-state index contributed by atoms with van der Waals surface area (Å²) in [4.78, 5) is 10.5. The number of benzene rings is 1. The zero-order valence-electron chi connectivity index (χ0n) is 10.8. The number of carboxylic acid groups (broad SMARTS) is 1. The van der Waals surface area contributed by atoms with Crippen LogP contribution in [0.3, 0.4) is 0 Å². The average molecular weight is 287 g/mol. The number of ether oxygens (including phenoxy) is 1. The minimum atomic E-state index is -4.04. The number of primary sulfonamides is 1. The van der Waals surface area contributed by atoms with E-state index >= 15 is 0 Å². The zero-order valence-corrected chi connectivity index (χ0v) is 11.6. The Kier molecular flexibility index (Phi) is 4.90. The molecule has 0 unspecified atom stereocenters. The first-order chi connectivity index (χ1) is 8.79. The number of sulfonamides is 1. The third-order valence-corrected chi connectivity index (χ3v) is 3.63. The van der Waals surface area contributed by atoms with Crippen LogP contribution in [0.2, 0.25) is 0 Å². The molecule has 0 aliphatic carbocycles. The lowest BCUT2D eigenvalue weighted by atomic mass is 10.2. The third kappa shape index (κ3) is 3.93. The second-order valence-corrected chi connectivity index (χ2v) is 5.60. The predicted molar refractivity (Wildman–Crippen MR) is 69.8 cm³/mol. The molecular weight excluding hydrogens is 270 g/mol. The van der Waals surface area contributed by atoms with Gasteiger partial charge in [0.05, 0.1) is 11.7 Å². The van der Waals surface area contributed by atoms with Crippen LogP contribution in [0, 0.1) is 0 Å². The fourth-order valence-corrected chi connectivity index (χ4v) is 2.28. The molecule has 0 aliphatic heterocycles. The van der Waals surface area contributed by atoms with Gasteiger partial charge in [-0.1, -0.05) is 13.8 Å². The molecule has 0 aromatic heterocycles. The van der Waals surface area contributed by atoms with E-state index in [-0.39, 0.29) is 22.3 Å². The summed E-state index contributed by atoms with van der Waals surface area (Å²) in [5, 5.41) is 13.9. The normalized spacial score (nSPS) is 11.6. The van der Waals surface area contributed by atoms with Gasteiger partial charge in [-0.3, -0.25) is 0 Å². The van der Waals surface area contributed by atoms with Crippen molar-refractivity contribution in [1.82, 2.24) is 0 Å². The molecule has 0 saturated carbocycles. The van der Waals surface area contributed by atoms with E-state index < -0.39 is 16.0 Å². The Hall–Kier alpha value is -1.60. The first-order valence-corrected chi connectivity index (χ1v) is 7.41. The van der Waals surface area contributed by atoms with Crippen LogP contribution in [0.1, 0.15) is 37.0 Å². The van der Waals surface area contributed by atoms with Crippen molar-refractivity contribution in [3.8, 4) is 5.75 Å². The molecule has 0 radical (unpaired) electrons. The highest BCUT2D eigenvalue weighted by Crippen LogP contribution is 2.26. The summed E-state index contributed by atoms with van der Waals surface area (Å²) < 4.78 is 28.5. The molecule has 106 valence electrons. The SMILES string of the molecule is CCC(CC)Oc1ccc(C(=O)O)cc1S(N)(=O)=O. The van der Waals surface area contributed by atoms with Gasteiger partial charge in [0.1, 0.15) is 10.6 Å². The van der Waals surface area contributed by atoms with Gasteiger partial charge >= 0.3 is 5.97 Å². The summed E-state index contributed by atoms with van der Waals surface area (Å²) in [7, 11) is -4.04. The summed E-state index contributed by atoms with van der Waals surface area (Å²) in [5.41, 5.74) is -0.152. The lowest BCUT2D eigenvalue weighted by molar-refractivity contribution is 0.0696. The highest BCUT2D eigenvalue weighted by Gasteiger charge is 2.20. The van der Waals surface area contributed by atoms with Gasteiger partial charge in [0, 0.05) is 0 Å². The Morgan fingerprint density at radius 3 is 2.37 bits per heavy atom. The van der Waals surface area contributed by atoms with Crippen LogP contribution < -0.4 is 9.88 Å². The topological polar surface area (TPSA) is 107 Å². The highest BCUT2D eigenvalue weighted by molar-refractivity contribution is 7.89. The molecule has 1 rings (SSSR count). The van der Waals surface area contributed by atoms with Gasteiger partial charge < -0.3 is 9.84 Å². The van der Waals surface area contributed by atoms with Gasteiger partial charge in [-0.15, -0.1) is 0 Å². The summed E-state index contributed by atoms with van der Waals surface area (Å²) in [6, 6.07) is 3.62. The van der Waals surface area contributed by atoms with Crippen molar-refractivity contribution in [2.75, 3.05) is 0 Å². The standard InChI is InChI=1S/C12H17NO5S/c1-3-9(4-2)18-10-6-5-8(12(14)15)7-11(10)19(13,16)17/h5-7,9H,3-4H2,1-2H3,(H,14,15)(H2,13,16,17). The lowest BCUT2D eigenvalue weighted by Crippen LogP contribution is -2.19. The van der Waals surface area contributed by atoms with Gasteiger partial charge in [-0.2, -0.15) is 0 Å².